The minimum absolute atomic E-state index is 0.291. The zero-order valence-corrected chi connectivity index (χ0v) is 11.7. The monoisotopic (exact) mass is 266 g/mol. The molecule has 0 aromatic carbocycles. The summed E-state index contributed by atoms with van der Waals surface area (Å²) in [5.41, 5.74) is 2.36. The molecule has 0 spiro atoms. The van der Waals surface area contributed by atoms with E-state index in [-0.39, 0.29) is 0 Å². The molecular weight excluding hydrogens is 244 g/mol. The van der Waals surface area contributed by atoms with Gasteiger partial charge in [0, 0.05) is 13.1 Å². The fourth-order valence-electron chi connectivity index (χ4n) is 1.82. The van der Waals surface area contributed by atoms with Crippen molar-refractivity contribution in [1.82, 2.24) is 15.3 Å². The number of likely N-dealkylation sites (N-methyl/N-ethyl adjacent to an activating group) is 1. The summed E-state index contributed by atoms with van der Waals surface area (Å²) in [6.45, 7) is 7.45. The largest absolute Gasteiger partial charge is 0.389 e. The van der Waals surface area contributed by atoms with E-state index in [1.165, 1.54) is 0 Å². The highest BCUT2D eigenvalue weighted by molar-refractivity contribution is 5.91. The molecule has 1 rings (SSSR count). The lowest BCUT2D eigenvalue weighted by Crippen LogP contribution is -2.38. The van der Waals surface area contributed by atoms with E-state index in [4.69, 9.17) is 5.84 Å². The second-order valence-electron chi connectivity index (χ2n) is 5.10. The molecule has 1 aromatic rings. The van der Waals surface area contributed by atoms with Gasteiger partial charge in [-0.05, 0) is 32.5 Å². The van der Waals surface area contributed by atoms with E-state index in [1.807, 2.05) is 13.0 Å². The Morgan fingerprint density at radius 1 is 1.53 bits per heavy atom. The molecular formula is C13H22N4O2. The van der Waals surface area contributed by atoms with Crippen molar-refractivity contribution >= 4 is 5.91 Å². The number of aromatic nitrogens is 1. The SMILES string of the molecule is CCN(Cc1cccc(C(=O)NN)n1)CC(C)(C)O. The zero-order chi connectivity index (χ0) is 14.5. The van der Waals surface area contributed by atoms with Crippen LogP contribution in [0.5, 0.6) is 0 Å². The molecule has 0 fully saturated rings. The summed E-state index contributed by atoms with van der Waals surface area (Å²) in [4.78, 5) is 17.7. The molecule has 0 bridgehead atoms. The summed E-state index contributed by atoms with van der Waals surface area (Å²) < 4.78 is 0. The van der Waals surface area contributed by atoms with Gasteiger partial charge in [-0.15, -0.1) is 0 Å². The van der Waals surface area contributed by atoms with Crippen LogP contribution in [0.15, 0.2) is 18.2 Å². The standard InChI is InChI=1S/C13H22N4O2/c1-4-17(9-13(2,3)19)8-10-6-5-7-11(15-10)12(18)16-14/h5-7,19H,4,8-9,14H2,1-3H3,(H,16,18). The van der Waals surface area contributed by atoms with E-state index in [1.54, 1.807) is 26.0 Å². The van der Waals surface area contributed by atoms with Crippen molar-refractivity contribution in [2.45, 2.75) is 32.9 Å². The first-order chi connectivity index (χ1) is 8.85. The quantitative estimate of drug-likeness (QED) is 0.391. The molecule has 0 saturated heterocycles. The second-order valence-corrected chi connectivity index (χ2v) is 5.10. The number of nitrogens with zero attached hydrogens (tertiary/aromatic N) is 2. The van der Waals surface area contributed by atoms with Gasteiger partial charge >= 0.3 is 0 Å². The fourth-order valence-corrected chi connectivity index (χ4v) is 1.82. The first-order valence-electron chi connectivity index (χ1n) is 6.27. The Labute approximate surface area is 113 Å². The second kappa shape index (κ2) is 6.60. The minimum atomic E-state index is -0.762. The van der Waals surface area contributed by atoms with Crippen LogP contribution in [0, 0.1) is 0 Å². The van der Waals surface area contributed by atoms with Gasteiger partial charge in [-0.3, -0.25) is 15.1 Å². The number of carbonyl (C=O) groups excluding carboxylic acids is 1. The maximum atomic E-state index is 11.4. The fraction of sp³-hybridized carbons (Fsp3) is 0.538. The first-order valence-corrected chi connectivity index (χ1v) is 6.27. The number of hydrazine groups is 1. The Bertz CT molecular complexity index is 429. The van der Waals surface area contributed by atoms with Gasteiger partial charge in [0.1, 0.15) is 5.69 Å². The molecule has 106 valence electrons. The molecule has 6 heteroatoms. The van der Waals surface area contributed by atoms with Crippen LogP contribution < -0.4 is 11.3 Å². The molecule has 0 aliphatic carbocycles. The molecule has 4 N–H and O–H groups in total. The molecule has 0 radical (unpaired) electrons. The summed E-state index contributed by atoms with van der Waals surface area (Å²) in [7, 11) is 0. The number of nitrogens with one attached hydrogen (secondary N) is 1. The van der Waals surface area contributed by atoms with Crippen LogP contribution in [-0.4, -0.2) is 39.6 Å². The summed E-state index contributed by atoms with van der Waals surface area (Å²) in [6.07, 6.45) is 0. The third-order valence-electron chi connectivity index (χ3n) is 2.61. The van der Waals surface area contributed by atoms with E-state index in [2.05, 4.69) is 15.3 Å². The molecule has 1 amide bonds. The maximum Gasteiger partial charge on any atom is 0.283 e. The topological polar surface area (TPSA) is 91.5 Å². The molecule has 0 saturated carbocycles. The Kier molecular flexibility index (Phi) is 5.41. The molecule has 1 heterocycles. The number of hydrogen-bond donors (Lipinski definition) is 3. The van der Waals surface area contributed by atoms with E-state index < -0.39 is 11.5 Å². The molecule has 0 aliphatic rings. The van der Waals surface area contributed by atoms with Gasteiger partial charge in [0.05, 0.1) is 11.3 Å². The number of nitrogens with two attached hydrogens (primary N) is 1. The van der Waals surface area contributed by atoms with Gasteiger partial charge in [-0.2, -0.15) is 0 Å². The molecule has 0 aliphatic heterocycles. The number of pyridine rings is 1. The molecule has 0 atom stereocenters. The smallest absolute Gasteiger partial charge is 0.283 e. The van der Waals surface area contributed by atoms with Crippen LogP contribution in [0.25, 0.3) is 0 Å². The minimum Gasteiger partial charge on any atom is -0.389 e. The molecule has 6 nitrogen and oxygen atoms in total. The van der Waals surface area contributed by atoms with Crippen molar-refractivity contribution in [1.29, 1.82) is 0 Å². The number of hydrogen-bond acceptors (Lipinski definition) is 5. The summed E-state index contributed by atoms with van der Waals surface area (Å²) >= 11 is 0. The van der Waals surface area contributed by atoms with E-state index in [9.17, 15) is 9.90 Å². The Balaban J connectivity index is 2.77. The van der Waals surface area contributed by atoms with Gasteiger partial charge in [0.2, 0.25) is 0 Å². The van der Waals surface area contributed by atoms with E-state index in [0.717, 1.165) is 12.2 Å². The average Bonchev–Trinajstić information content (AvgIpc) is 2.35. The summed E-state index contributed by atoms with van der Waals surface area (Å²) in [5, 5.41) is 9.84. The highest BCUT2D eigenvalue weighted by atomic mass is 16.3. The number of amides is 1. The van der Waals surface area contributed by atoms with Crippen LogP contribution in [0.2, 0.25) is 0 Å². The number of rotatable bonds is 6. The van der Waals surface area contributed by atoms with E-state index in [0.29, 0.717) is 18.8 Å². The summed E-state index contributed by atoms with van der Waals surface area (Å²) in [5.74, 6) is 4.67. The highest BCUT2D eigenvalue weighted by Gasteiger charge is 2.18. The number of carbonyl (C=O) groups is 1. The van der Waals surface area contributed by atoms with Gasteiger partial charge in [-0.1, -0.05) is 13.0 Å². The van der Waals surface area contributed by atoms with Gasteiger partial charge in [0.15, 0.2) is 0 Å². The third-order valence-corrected chi connectivity index (χ3v) is 2.61. The Morgan fingerprint density at radius 2 is 2.21 bits per heavy atom. The number of aliphatic hydroxyl groups is 1. The van der Waals surface area contributed by atoms with Crippen molar-refractivity contribution in [2.75, 3.05) is 13.1 Å². The van der Waals surface area contributed by atoms with E-state index >= 15 is 0 Å². The Hall–Kier alpha value is -1.50. The van der Waals surface area contributed by atoms with Crippen LogP contribution in [0.3, 0.4) is 0 Å². The van der Waals surface area contributed by atoms with Gasteiger partial charge in [0.25, 0.3) is 5.91 Å². The van der Waals surface area contributed by atoms with Gasteiger partial charge < -0.3 is 5.11 Å². The predicted octanol–water partition coefficient (Wildman–Crippen LogP) is 0.278. The molecule has 1 aromatic heterocycles. The first kappa shape index (κ1) is 15.6. The van der Waals surface area contributed by atoms with Crippen LogP contribution in [0.1, 0.15) is 37.0 Å². The van der Waals surface area contributed by atoms with Crippen LogP contribution in [0.4, 0.5) is 0 Å². The predicted molar refractivity (Wildman–Crippen MR) is 73.1 cm³/mol. The van der Waals surface area contributed by atoms with Gasteiger partial charge in [-0.25, -0.2) is 10.8 Å². The molecule has 19 heavy (non-hydrogen) atoms. The lowest BCUT2D eigenvalue weighted by molar-refractivity contribution is 0.0349. The average molecular weight is 266 g/mol. The lowest BCUT2D eigenvalue weighted by Gasteiger charge is -2.27. The summed E-state index contributed by atoms with van der Waals surface area (Å²) in [6, 6.07) is 5.23. The molecule has 0 unspecified atom stereocenters. The Morgan fingerprint density at radius 3 is 2.74 bits per heavy atom. The zero-order valence-electron chi connectivity index (χ0n) is 11.7. The van der Waals surface area contributed by atoms with Crippen molar-refractivity contribution in [3.05, 3.63) is 29.6 Å². The maximum absolute atomic E-state index is 11.4. The highest BCUT2D eigenvalue weighted by Crippen LogP contribution is 2.09. The van der Waals surface area contributed by atoms with Crippen molar-refractivity contribution in [2.24, 2.45) is 5.84 Å². The van der Waals surface area contributed by atoms with Crippen molar-refractivity contribution in [3.8, 4) is 0 Å². The van der Waals surface area contributed by atoms with Crippen LogP contribution in [-0.2, 0) is 6.54 Å². The van der Waals surface area contributed by atoms with Crippen molar-refractivity contribution < 1.29 is 9.90 Å². The van der Waals surface area contributed by atoms with Crippen molar-refractivity contribution in [3.63, 3.8) is 0 Å². The third kappa shape index (κ3) is 5.34. The normalized spacial score (nSPS) is 11.7. The number of nitrogen functional groups attached to an aromatic ring is 1. The van der Waals surface area contributed by atoms with Crippen LogP contribution >= 0.6 is 0 Å². The lowest BCUT2D eigenvalue weighted by atomic mass is 10.1.